The molecule has 2 rings (SSSR count). The Morgan fingerprint density at radius 3 is 2.57 bits per heavy atom. The van der Waals surface area contributed by atoms with Crippen molar-refractivity contribution in [1.29, 1.82) is 0 Å². The third-order valence-corrected chi connectivity index (χ3v) is 4.59. The molecule has 0 bridgehead atoms. The minimum Gasteiger partial charge on any atom is -0.310 e. The molecule has 2 heterocycles. The first-order chi connectivity index (χ1) is 9.95. The van der Waals surface area contributed by atoms with E-state index in [1.807, 2.05) is 18.3 Å². The van der Waals surface area contributed by atoms with Gasteiger partial charge in [0.05, 0.1) is 11.4 Å². The summed E-state index contributed by atoms with van der Waals surface area (Å²) in [7, 11) is 0. The van der Waals surface area contributed by atoms with Gasteiger partial charge in [0.15, 0.2) is 0 Å². The summed E-state index contributed by atoms with van der Waals surface area (Å²) in [4.78, 5) is 10.6. The van der Waals surface area contributed by atoms with Gasteiger partial charge in [0, 0.05) is 28.1 Å². The third kappa shape index (κ3) is 4.87. The molecule has 0 fully saturated rings. The van der Waals surface area contributed by atoms with Gasteiger partial charge in [-0.3, -0.25) is 4.98 Å². The maximum absolute atomic E-state index is 4.83. The van der Waals surface area contributed by atoms with Crippen LogP contribution < -0.4 is 5.32 Å². The van der Waals surface area contributed by atoms with E-state index in [1.54, 1.807) is 11.3 Å². The maximum Gasteiger partial charge on any atom is 0.142 e. The van der Waals surface area contributed by atoms with Crippen molar-refractivity contribution >= 4 is 27.3 Å². The summed E-state index contributed by atoms with van der Waals surface area (Å²) >= 11 is 5.17. The van der Waals surface area contributed by atoms with Crippen molar-refractivity contribution in [1.82, 2.24) is 15.3 Å². The fourth-order valence-corrected chi connectivity index (χ4v) is 3.23. The third-order valence-electron chi connectivity index (χ3n) is 3.00. The zero-order valence-electron chi connectivity index (χ0n) is 13.0. The number of hydrogen-bond donors (Lipinski definition) is 1. The van der Waals surface area contributed by atoms with Gasteiger partial charge in [0.2, 0.25) is 0 Å². The van der Waals surface area contributed by atoms with E-state index >= 15 is 0 Å². The SMILES string of the molecule is CC(C)Cc1nc(-c2ccc(Br)cn2)sc1CNC(C)C. The molecule has 0 aliphatic carbocycles. The standard InChI is InChI=1S/C16H22BrN3S/c1-10(2)7-14-15(9-18-11(3)4)21-16(20-14)13-6-5-12(17)8-19-13/h5-6,8,10-11,18H,7,9H2,1-4H3. The monoisotopic (exact) mass is 367 g/mol. The molecule has 0 aliphatic rings. The lowest BCUT2D eigenvalue weighted by Crippen LogP contribution is -2.22. The van der Waals surface area contributed by atoms with E-state index in [9.17, 15) is 0 Å². The van der Waals surface area contributed by atoms with Gasteiger partial charge in [-0.05, 0) is 40.4 Å². The van der Waals surface area contributed by atoms with Crippen LogP contribution in [-0.4, -0.2) is 16.0 Å². The van der Waals surface area contributed by atoms with Gasteiger partial charge in [0.1, 0.15) is 5.01 Å². The fourth-order valence-electron chi connectivity index (χ4n) is 1.98. The smallest absolute Gasteiger partial charge is 0.142 e. The predicted octanol–water partition coefficient (Wildman–Crippen LogP) is 4.66. The van der Waals surface area contributed by atoms with Crippen LogP contribution in [-0.2, 0) is 13.0 Å². The fraction of sp³-hybridized carbons (Fsp3) is 0.500. The average molecular weight is 368 g/mol. The van der Waals surface area contributed by atoms with E-state index in [4.69, 9.17) is 4.98 Å². The lowest BCUT2D eigenvalue weighted by atomic mass is 10.1. The summed E-state index contributed by atoms with van der Waals surface area (Å²) in [5.74, 6) is 0.607. The Morgan fingerprint density at radius 1 is 1.24 bits per heavy atom. The van der Waals surface area contributed by atoms with Gasteiger partial charge < -0.3 is 5.32 Å². The number of thiazole rings is 1. The number of hydrogen-bond acceptors (Lipinski definition) is 4. The number of aromatic nitrogens is 2. The number of rotatable bonds is 6. The van der Waals surface area contributed by atoms with Crippen LogP contribution in [0.3, 0.4) is 0 Å². The molecule has 0 amide bonds. The minimum atomic E-state index is 0.480. The van der Waals surface area contributed by atoms with E-state index < -0.39 is 0 Å². The highest BCUT2D eigenvalue weighted by molar-refractivity contribution is 9.10. The molecule has 0 saturated carbocycles. The van der Waals surface area contributed by atoms with Crippen molar-refractivity contribution in [3.8, 4) is 10.7 Å². The first kappa shape index (κ1) is 16.6. The van der Waals surface area contributed by atoms with E-state index in [0.29, 0.717) is 12.0 Å². The molecule has 0 unspecified atom stereocenters. The molecule has 0 aliphatic heterocycles. The molecular formula is C16H22BrN3S. The summed E-state index contributed by atoms with van der Waals surface area (Å²) in [5, 5.41) is 4.50. The number of nitrogens with zero attached hydrogens (tertiary/aromatic N) is 2. The Balaban J connectivity index is 2.28. The van der Waals surface area contributed by atoms with Gasteiger partial charge in [-0.2, -0.15) is 0 Å². The highest BCUT2D eigenvalue weighted by atomic mass is 79.9. The van der Waals surface area contributed by atoms with Crippen LogP contribution in [0.25, 0.3) is 10.7 Å². The van der Waals surface area contributed by atoms with E-state index in [2.05, 4.69) is 53.9 Å². The van der Waals surface area contributed by atoms with Crippen LogP contribution in [0.2, 0.25) is 0 Å². The Morgan fingerprint density at radius 2 is 2.00 bits per heavy atom. The first-order valence-electron chi connectivity index (χ1n) is 7.29. The number of halogens is 1. The van der Waals surface area contributed by atoms with Crippen molar-refractivity contribution in [2.24, 2.45) is 5.92 Å². The van der Waals surface area contributed by atoms with Crippen LogP contribution in [0, 0.1) is 5.92 Å². The molecule has 114 valence electrons. The molecule has 0 spiro atoms. The summed E-state index contributed by atoms with van der Waals surface area (Å²) in [5.41, 5.74) is 2.16. The molecule has 0 saturated heterocycles. The van der Waals surface area contributed by atoms with Crippen molar-refractivity contribution in [2.75, 3.05) is 0 Å². The lowest BCUT2D eigenvalue weighted by Gasteiger charge is -2.08. The van der Waals surface area contributed by atoms with Crippen molar-refractivity contribution < 1.29 is 0 Å². The summed E-state index contributed by atoms with van der Waals surface area (Å²) in [6.45, 7) is 9.68. The molecule has 0 radical (unpaired) electrons. The molecule has 0 atom stereocenters. The normalized spacial score (nSPS) is 11.6. The maximum atomic E-state index is 4.83. The summed E-state index contributed by atoms with van der Waals surface area (Å²) < 4.78 is 0.993. The van der Waals surface area contributed by atoms with Crippen LogP contribution in [0.5, 0.6) is 0 Å². The second-order valence-electron chi connectivity index (χ2n) is 5.88. The van der Waals surface area contributed by atoms with Gasteiger partial charge in [0.25, 0.3) is 0 Å². The second kappa shape index (κ2) is 7.47. The van der Waals surface area contributed by atoms with Gasteiger partial charge in [-0.1, -0.05) is 27.7 Å². The average Bonchev–Trinajstić information content (AvgIpc) is 2.79. The largest absolute Gasteiger partial charge is 0.310 e. The molecule has 5 heteroatoms. The quantitative estimate of drug-likeness (QED) is 0.806. The zero-order valence-corrected chi connectivity index (χ0v) is 15.4. The van der Waals surface area contributed by atoms with Crippen molar-refractivity contribution in [3.63, 3.8) is 0 Å². The number of nitrogens with one attached hydrogen (secondary N) is 1. The topological polar surface area (TPSA) is 37.8 Å². The van der Waals surface area contributed by atoms with Crippen molar-refractivity contribution in [2.45, 2.75) is 46.7 Å². The second-order valence-corrected chi connectivity index (χ2v) is 7.88. The zero-order chi connectivity index (χ0) is 15.4. The van der Waals surface area contributed by atoms with Crippen LogP contribution in [0.4, 0.5) is 0 Å². The molecule has 1 N–H and O–H groups in total. The van der Waals surface area contributed by atoms with Crippen LogP contribution >= 0.6 is 27.3 Å². The van der Waals surface area contributed by atoms with Crippen LogP contribution in [0.15, 0.2) is 22.8 Å². The Hall–Kier alpha value is -0.780. The Kier molecular flexibility index (Phi) is 5.90. The summed E-state index contributed by atoms with van der Waals surface area (Å²) in [6, 6.07) is 4.51. The molecule has 21 heavy (non-hydrogen) atoms. The van der Waals surface area contributed by atoms with Gasteiger partial charge in [-0.15, -0.1) is 11.3 Å². The van der Waals surface area contributed by atoms with E-state index in [0.717, 1.165) is 28.1 Å². The van der Waals surface area contributed by atoms with E-state index in [-0.39, 0.29) is 0 Å². The minimum absolute atomic E-state index is 0.480. The van der Waals surface area contributed by atoms with Crippen LogP contribution in [0.1, 0.15) is 38.3 Å². The Bertz CT molecular complexity index is 576. The molecule has 2 aromatic rings. The number of pyridine rings is 1. The summed E-state index contributed by atoms with van der Waals surface area (Å²) in [6.07, 6.45) is 2.84. The van der Waals surface area contributed by atoms with Crippen molar-refractivity contribution in [3.05, 3.63) is 33.4 Å². The predicted molar refractivity (Wildman–Crippen MR) is 93.6 cm³/mol. The highest BCUT2D eigenvalue weighted by Gasteiger charge is 2.14. The Labute approximate surface area is 139 Å². The molecule has 0 aromatic carbocycles. The molecule has 3 nitrogen and oxygen atoms in total. The highest BCUT2D eigenvalue weighted by Crippen LogP contribution is 2.29. The molecular weight excluding hydrogens is 346 g/mol. The molecule has 2 aromatic heterocycles. The van der Waals surface area contributed by atoms with E-state index in [1.165, 1.54) is 10.6 Å². The van der Waals surface area contributed by atoms with Gasteiger partial charge in [-0.25, -0.2) is 4.98 Å². The van der Waals surface area contributed by atoms with Gasteiger partial charge >= 0.3 is 0 Å². The lowest BCUT2D eigenvalue weighted by molar-refractivity contribution is 0.581. The first-order valence-corrected chi connectivity index (χ1v) is 8.90.